The van der Waals surface area contributed by atoms with Gasteiger partial charge in [-0.1, -0.05) is 6.07 Å². The van der Waals surface area contributed by atoms with Gasteiger partial charge in [-0.2, -0.15) is 0 Å². The molecule has 0 radical (unpaired) electrons. The second-order valence-electron chi connectivity index (χ2n) is 5.77. The largest absolute Gasteiger partial charge is 0.496 e. The zero-order valence-electron chi connectivity index (χ0n) is 16.2. The Hall–Kier alpha value is -3.07. The fraction of sp³-hybridized carbons (Fsp3) is 0.421. The zero-order valence-corrected chi connectivity index (χ0v) is 16.2. The first kappa shape index (κ1) is 21.2. The quantitative estimate of drug-likeness (QED) is 0.526. The monoisotopic (exact) mass is 394 g/mol. The van der Waals surface area contributed by atoms with E-state index >= 15 is 0 Å². The molecule has 0 saturated carbocycles. The van der Waals surface area contributed by atoms with Crippen LogP contribution in [0.4, 0.5) is 0 Å². The SMILES string of the molecule is COC(=O)[C@H]1O[C@H](c2c(OC)cccc2OC)C=C(OC(C)=O)[C@@H]1OC(C)=O. The lowest BCUT2D eigenvalue weighted by atomic mass is 9.99. The molecule has 1 heterocycles. The van der Waals surface area contributed by atoms with E-state index in [1.165, 1.54) is 34.3 Å². The first-order valence-corrected chi connectivity index (χ1v) is 8.33. The summed E-state index contributed by atoms with van der Waals surface area (Å²) in [4.78, 5) is 35.4. The van der Waals surface area contributed by atoms with E-state index in [2.05, 4.69) is 0 Å². The Bertz CT molecular complexity index is 761. The summed E-state index contributed by atoms with van der Waals surface area (Å²) in [7, 11) is 4.10. The summed E-state index contributed by atoms with van der Waals surface area (Å²) in [5.41, 5.74) is 0.465. The predicted molar refractivity (Wildman–Crippen MR) is 94.6 cm³/mol. The molecular formula is C19H22O9. The van der Waals surface area contributed by atoms with Crippen molar-refractivity contribution in [2.75, 3.05) is 21.3 Å². The van der Waals surface area contributed by atoms with Gasteiger partial charge >= 0.3 is 17.9 Å². The zero-order chi connectivity index (χ0) is 20.8. The smallest absolute Gasteiger partial charge is 0.339 e. The molecule has 0 N–H and O–H groups in total. The van der Waals surface area contributed by atoms with Crippen molar-refractivity contribution < 1.29 is 42.8 Å². The van der Waals surface area contributed by atoms with Crippen LogP contribution in [-0.4, -0.2) is 51.4 Å². The van der Waals surface area contributed by atoms with Crippen LogP contribution in [0.3, 0.4) is 0 Å². The number of methoxy groups -OCH3 is 3. The highest BCUT2D eigenvalue weighted by Gasteiger charge is 2.44. The summed E-state index contributed by atoms with van der Waals surface area (Å²) in [6.07, 6.45) is -2.13. The van der Waals surface area contributed by atoms with Crippen LogP contribution in [0, 0.1) is 0 Å². The molecule has 0 fully saturated rings. The van der Waals surface area contributed by atoms with E-state index in [0.29, 0.717) is 17.1 Å². The maximum Gasteiger partial charge on any atom is 0.339 e. The first-order valence-electron chi connectivity index (χ1n) is 8.33. The van der Waals surface area contributed by atoms with Crippen LogP contribution in [0.25, 0.3) is 0 Å². The molecule has 2 rings (SSSR count). The standard InChI is InChI=1S/C19H22O9/c1-10(20)26-15-9-14(16-12(23-3)7-6-8-13(16)24-4)28-18(19(22)25-5)17(15)27-11(2)21/h6-9,14,17-18H,1-5H3/t14-,17-,18-/m0/s1. The highest BCUT2D eigenvalue weighted by molar-refractivity contribution is 5.78. The average Bonchev–Trinajstić information content (AvgIpc) is 2.66. The van der Waals surface area contributed by atoms with Gasteiger partial charge in [0.05, 0.1) is 26.9 Å². The topological polar surface area (TPSA) is 107 Å². The minimum Gasteiger partial charge on any atom is -0.496 e. The molecule has 0 aliphatic carbocycles. The van der Waals surface area contributed by atoms with Crippen molar-refractivity contribution in [2.45, 2.75) is 32.2 Å². The van der Waals surface area contributed by atoms with E-state index in [4.69, 9.17) is 28.4 Å². The number of esters is 3. The van der Waals surface area contributed by atoms with Crippen molar-refractivity contribution in [1.82, 2.24) is 0 Å². The second kappa shape index (κ2) is 9.23. The molecule has 0 spiro atoms. The predicted octanol–water partition coefficient (Wildman–Crippen LogP) is 1.70. The van der Waals surface area contributed by atoms with E-state index in [9.17, 15) is 14.4 Å². The van der Waals surface area contributed by atoms with Gasteiger partial charge in [-0.15, -0.1) is 0 Å². The molecule has 152 valence electrons. The fourth-order valence-electron chi connectivity index (χ4n) is 2.83. The van der Waals surface area contributed by atoms with Crippen LogP contribution in [0.15, 0.2) is 30.0 Å². The normalized spacial score (nSPS) is 21.2. The van der Waals surface area contributed by atoms with Crippen LogP contribution < -0.4 is 9.47 Å². The number of carbonyl (C=O) groups excluding carboxylic acids is 3. The number of rotatable bonds is 6. The number of hydrogen-bond acceptors (Lipinski definition) is 9. The summed E-state index contributed by atoms with van der Waals surface area (Å²) in [5, 5.41) is 0. The molecule has 1 aliphatic rings. The number of hydrogen-bond donors (Lipinski definition) is 0. The fourth-order valence-corrected chi connectivity index (χ4v) is 2.83. The van der Waals surface area contributed by atoms with Crippen molar-refractivity contribution in [3.63, 3.8) is 0 Å². The van der Waals surface area contributed by atoms with Crippen molar-refractivity contribution in [1.29, 1.82) is 0 Å². The molecule has 9 heteroatoms. The number of benzene rings is 1. The summed E-state index contributed by atoms with van der Waals surface area (Å²) in [5.74, 6) is -1.34. The van der Waals surface area contributed by atoms with Crippen molar-refractivity contribution in [3.8, 4) is 11.5 Å². The molecule has 0 amide bonds. The Labute approximate surface area is 162 Å². The highest BCUT2D eigenvalue weighted by Crippen LogP contribution is 2.41. The summed E-state index contributed by atoms with van der Waals surface area (Å²) < 4.78 is 31.7. The molecule has 3 atom stereocenters. The maximum atomic E-state index is 12.3. The van der Waals surface area contributed by atoms with Crippen molar-refractivity contribution in [2.24, 2.45) is 0 Å². The van der Waals surface area contributed by atoms with E-state index in [0.717, 1.165) is 6.92 Å². The summed E-state index contributed by atoms with van der Waals surface area (Å²) >= 11 is 0. The van der Waals surface area contributed by atoms with Crippen LogP contribution in [0.5, 0.6) is 11.5 Å². The van der Waals surface area contributed by atoms with E-state index < -0.39 is 36.2 Å². The van der Waals surface area contributed by atoms with Crippen LogP contribution >= 0.6 is 0 Å². The van der Waals surface area contributed by atoms with Crippen molar-refractivity contribution >= 4 is 17.9 Å². The lowest BCUT2D eigenvalue weighted by molar-refractivity contribution is -0.181. The van der Waals surface area contributed by atoms with Gasteiger partial charge in [0.25, 0.3) is 0 Å². The van der Waals surface area contributed by atoms with Gasteiger partial charge in [-0.05, 0) is 18.2 Å². The van der Waals surface area contributed by atoms with Crippen molar-refractivity contribution in [3.05, 3.63) is 35.6 Å². The molecule has 0 saturated heterocycles. The molecule has 1 aliphatic heterocycles. The first-order chi connectivity index (χ1) is 13.3. The minimum absolute atomic E-state index is 0.0534. The molecule has 0 aromatic heterocycles. The van der Waals surface area contributed by atoms with Gasteiger partial charge in [0.2, 0.25) is 0 Å². The molecule has 9 nitrogen and oxygen atoms in total. The molecule has 28 heavy (non-hydrogen) atoms. The van der Waals surface area contributed by atoms with Crippen LogP contribution in [0.2, 0.25) is 0 Å². The van der Waals surface area contributed by atoms with Gasteiger partial charge in [0.1, 0.15) is 17.6 Å². The van der Waals surface area contributed by atoms with Gasteiger partial charge in [-0.25, -0.2) is 4.79 Å². The molecule has 0 unspecified atom stereocenters. The lowest BCUT2D eigenvalue weighted by Crippen LogP contribution is -2.45. The Balaban J connectivity index is 2.61. The Morgan fingerprint density at radius 3 is 2.04 bits per heavy atom. The summed E-state index contributed by atoms with van der Waals surface area (Å²) in [6, 6.07) is 5.10. The van der Waals surface area contributed by atoms with E-state index in [1.54, 1.807) is 18.2 Å². The molecular weight excluding hydrogens is 372 g/mol. The highest BCUT2D eigenvalue weighted by atomic mass is 16.6. The maximum absolute atomic E-state index is 12.3. The molecule has 0 bridgehead atoms. The Morgan fingerprint density at radius 1 is 0.964 bits per heavy atom. The number of carbonyl (C=O) groups is 3. The summed E-state index contributed by atoms with van der Waals surface area (Å²) in [6.45, 7) is 2.35. The minimum atomic E-state index is -1.37. The third-order valence-electron chi connectivity index (χ3n) is 3.90. The Kier molecular flexibility index (Phi) is 7.00. The average molecular weight is 394 g/mol. The third-order valence-corrected chi connectivity index (χ3v) is 3.90. The number of ether oxygens (including phenoxy) is 6. The van der Waals surface area contributed by atoms with Gasteiger partial charge in [0.15, 0.2) is 18.0 Å². The molecule has 1 aromatic carbocycles. The van der Waals surface area contributed by atoms with E-state index in [-0.39, 0.29) is 5.76 Å². The second-order valence-corrected chi connectivity index (χ2v) is 5.77. The van der Waals surface area contributed by atoms with Gasteiger partial charge in [-0.3, -0.25) is 9.59 Å². The molecule has 1 aromatic rings. The van der Waals surface area contributed by atoms with Gasteiger partial charge < -0.3 is 28.4 Å². The van der Waals surface area contributed by atoms with E-state index in [1.807, 2.05) is 0 Å². The third kappa shape index (κ3) is 4.61. The van der Waals surface area contributed by atoms with Crippen LogP contribution in [0.1, 0.15) is 25.5 Å². The van der Waals surface area contributed by atoms with Gasteiger partial charge in [0, 0.05) is 13.8 Å². The van der Waals surface area contributed by atoms with Crippen LogP contribution in [-0.2, 0) is 33.3 Å². The Morgan fingerprint density at radius 2 is 1.57 bits per heavy atom. The lowest BCUT2D eigenvalue weighted by Gasteiger charge is -2.34.